The van der Waals surface area contributed by atoms with E-state index in [0.717, 1.165) is 24.2 Å². The zero-order valence-corrected chi connectivity index (χ0v) is 22.4. The minimum absolute atomic E-state index is 0.0480. The van der Waals surface area contributed by atoms with Gasteiger partial charge in [0.05, 0.1) is 30.9 Å². The molecule has 2 unspecified atom stereocenters. The lowest BCUT2D eigenvalue weighted by atomic mass is 9.90. The van der Waals surface area contributed by atoms with Crippen LogP contribution in [0.5, 0.6) is 5.75 Å². The van der Waals surface area contributed by atoms with Gasteiger partial charge in [-0.15, -0.1) is 0 Å². The molecule has 0 saturated carbocycles. The number of benzene rings is 3. The number of sulfonamides is 1. The number of para-hydroxylation sites is 1. The Bertz CT molecular complexity index is 1330. The molecule has 0 radical (unpaired) electrons. The van der Waals surface area contributed by atoms with Crippen LogP contribution >= 0.6 is 0 Å². The van der Waals surface area contributed by atoms with Crippen LogP contribution in [0.1, 0.15) is 23.5 Å². The van der Waals surface area contributed by atoms with Crippen molar-refractivity contribution < 1.29 is 22.3 Å². The van der Waals surface area contributed by atoms with Crippen molar-refractivity contribution in [3.8, 4) is 5.75 Å². The van der Waals surface area contributed by atoms with Crippen LogP contribution in [0.25, 0.3) is 0 Å². The predicted octanol–water partition coefficient (Wildman–Crippen LogP) is 4.01. The molecule has 1 fully saturated rings. The van der Waals surface area contributed by atoms with Crippen molar-refractivity contribution in [1.29, 1.82) is 0 Å². The van der Waals surface area contributed by atoms with Gasteiger partial charge >= 0.3 is 0 Å². The van der Waals surface area contributed by atoms with Gasteiger partial charge in [0.15, 0.2) is 0 Å². The Morgan fingerprint density at radius 2 is 1.71 bits per heavy atom. The summed E-state index contributed by atoms with van der Waals surface area (Å²) in [5.74, 6) is 0.312. The number of anilines is 1. The molecule has 0 spiro atoms. The standard InChI is InChI=1S/C29H34FN3O4S/c1-36-27-12-7-13-28-29(27)23(19-31-38(28,34)35)18-24(21-37-20-22-8-3-2-4-9-22)32-14-16-33(17-15-32)26-11-6-5-10-25(26)30/h2-13,23-24,31H,14-21H2,1H3. The van der Waals surface area contributed by atoms with E-state index in [1.807, 2.05) is 48.5 Å². The maximum Gasteiger partial charge on any atom is 0.241 e. The molecule has 2 aliphatic rings. The van der Waals surface area contributed by atoms with Gasteiger partial charge in [0.2, 0.25) is 10.0 Å². The van der Waals surface area contributed by atoms with E-state index in [4.69, 9.17) is 9.47 Å². The van der Waals surface area contributed by atoms with Gasteiger partial charge in [-0.3, -0.25) is 4.90 Å². The Morgan fingerprint density at radius 1 is 0.974 bits per heavy atom. The Hall–Kier alpha value is -2.98. The first-order valence-electron chi connectivity index (χ1n) is 13.0. The number of nitrogens with one attached hydrogen (secondary N) is 1. The Labute approximate surface area is 224 Å². The van der Waals surface area contributed by atoms with Crippen molar-refractivity contribution in [3.05, 3.63) is 89.7 Å². The molecule has 2 aliphatic heterocycles. The predicted molar refractivity (Wildman–Crippen MR) is 146 cm³/mol. The molecule has 0 aromatic heterocycles. The van der Waals surface area contributed by atoms with Crippen LogP contribution in [-0.4, -0.2) is 65.8 Å². The number of hydrogen-bond donors (Lipinski definition) is 1. The number of halogens is 1. The summed E-state index contributed by atoms with van der Waals surface area (Å²) in [6.45, 7) is 4.22. The van der Waals surface area contributed by atoms with E-state index in [9.17, 15) is 12.8 Å². The average molecular weight is 540 g/mol. The lowest BCUT2D eigenvalue weighted by Gasteiger charge is -2.41. The van der Waals surface area contributed by atoms with Crippen LogP contribution in [-0.2, 0) is 21.4 Å². The largest absolute Gasteiger partial charge is 0.496 e. The first-order chi connectivity index (χ1) is 18.5. The molecule has 2 heterocycles. The van der Waals surface area contributed by atoms with Crippen LogP contribution in [0.4, 0.5) is 10.1 Å². The molecule has 5 rings (SSSR count). The fourth-order valence-electron chi connectivity index (χ4n) is 5.50. The average Bonchev–Trinajstić information content (AvgIpc) is 2.94. The van der Waals surface area contributed by atoms with Gasteiger partial charge in [0, 0.05) is 50.2 Å². The van der Waals surface area contributed by atoms with Crippen LogP contribution in [0.3, 0.4) is 0 Å². The van der Waals surface area contributed by atoms with E-state index in [2.05, 4.69) is 14.5 Å². The highest BCUT2D eigenvalue weighted by atomic mass is 32.2. The van der Waals surface area contributed by atoms with Crippen molar-refractivity contribution >= 4 is 15.7 Å². The number of rotatable bonds is 9. The summed E-state index contributed by atoms with van der Waals surface area (Å²) >= 11 is 0. The molecule has 38 heavy (non-hydrogen) atoms. The second-order valence-corrected chi connectivity index (χ2v) is 11.5. The molecule has 3 aromatic carbocycles. The number of piperazine rings is 1. The summed E-state index contributed by atoms with van der Waals surface area (Å²) < 4.78 is 54.5. The SMILES string of the molecule is COc1cccc2c1C(CC(COCc1ccccc1)N1CCN(c3ccccc3F)CC1)CNS2(=O)=O. The number of methoxy groups -OCH3 is 1. The molecule has 7 nitrogen and oxygen atoms in total. The first kappa shape index (κ1) is 26.6. The summed E-state index contributed by atoms with van der Waals surface area (Å²) in [7, 11) is -2.01. The van der Waals surface area contributed by atoms with Crippen molar-refractivity contribution in [1.82, 2.24) is 9.62 Å². The third-order valence-electron chi connectivity index (χ3n) is 7.47. The molecular formula is C29H34FN3O4S. The summed E-state index contributed by atoms with van der Waals surface area (Å²) in [6, 6.07) is 22.2. The lowest BCUT2D eigenvalue weighted by Crippen LogP contribution is -2.52. The molecule has 1 saturated heterocycles. The van der Waals surface area contributed by atoms with E-state index in [-0.39, 0.29) is 22.7 Å². The van der Waals surface area contributed by atoms with Crippen molar-refractivity contribution in [3.63, 3.8) is 0 Å². The van der Waals surface area contributed by atoms with E-state index < -0.39 is 10.0 Å². The third-order valence-corrected chi connectivity index (χ3v) is 8.95. The molecule has 2 atom stereocenters. The number of ether oxygens (including phenoxy) is 2. The van der Waals surface area contributed by atoms with Crippen molar-refractivity contribution in [2.45, 2.75) is 29.9 Å². The van der Waals surface area contributed by atoms with Gasteiger partial charge in [-0.1, -0.05) is 48.5 Å². The van der Waals surface area contributed by atoms with Crippen LogP contribution < -0.4 is 14.4 Å². The summed E-state index contributed by atoms with van der Waals surface area (Å²) in [5.41, 5.74) is 2.46. The normalized spacial score (nSPS) is 20.1. The van der Waals surface area contributed by atoms with E-state index in [1.54, 1.807) is 25.3 Å². The summed E-state index contributed by atoms with van der Waals surface area (Å²) in [6.07, 6.45) is 0.699. The lowest BCUT2D eigenvalue weighted by molar-refractivity contribution is 0.0407. The second kappa shape index (κ2) is 11.8. The zero-order valence-electron chi connectivity index (χ0n) is 21.6. The van der Waals surface area contributed by atoms with Gasteiger partial charge in [0.25, 0.3) is 0 Å². The van der Waals surface area contributed by atoms with E-state index >= 15 is 0 Å². The summed E-state index contributed by atoms with van der Waals surface area (Å²) in [4.78, 5) is 4.75. The second-order valence-electron chi connectivity index (χ2n) is 9.79. The Balaban J connectivity index is 1.35. The maximum atomic E-state index is 14.4. The fourth-order valence-corrected chi connectivity index (χ4v) is 6.89. The smallest absolute Gasteiger partial charge is 0.241 e. The van der Waals surface area contributed by atoms with Gasteiger partial charge in [0.1, 0.15) is 11.6 Å². The highest BCUT2D eigenvalue weighted by molar-refractivity contribution is 7.89. The highest BCUT2D eigenvalue weighted by Crippen LogP contribution is 2.39. The van der Waals surface area contributed by atoms with Crippen molar-refractivity contribution in [2.24, 2.45) is 0 Å². The first-order valence-corrected chi connectivity index (χ1v) is 14.5. The van der Waals surface area contributed by atoms with Crippen LogP contribution in [0, 0.1) is 5.82 Å². The Morgan fingerprint density at radius 3 is 2.45 bits per heavy atom. The fraction of sp³-hybridized carbons (Fsp3) is 0.379. The molecule has 0 bridgehead atoms. The van der Waals surface area contributed by atoms with Gasteiger partial charge < -0.3 is 14.4 Å². The molecule has 0 aliphatic carbocycles. The summed E-state index contributed by atoms with van der Waals surface area (Å²) in [5, 5.41) is 0. The molecule has 3 aromatic rings. The molecular weight excluding hydrogens is 505 g/mol. The topological polar surface area (TPSA) is 71.1 Å². The molecule has 9 heteroatoms. The molecule has 202 valence electrons. The van der Waals surface area contributed by atoms with Gasteiger partial charge in [-0.05, 0) is 36.2 Å². The van der Waals surface area contributed by atoms with E-state index in [0.29, 0.717) is 50.7 Å². The minimum Gasteiger partial charge on any atom is -0.496 e. The van der Waals surface area contributed by atoms with Gasteiger partial charge in [-0.25, -0.2) is 17.5 Å². The number of fused-ring (bicyclic) bond motifs is 1. The van der Waals surface area contributed by atoms with Crippen molar-refractivity contribution in [2.75, 3.05) is 51.3 Å². The quantitative estimate of drug-likeness (QED) is 0.443. The highest BCUT2D eigenvalue weighted by Gasteiger charge is 2.36. The Kier molecular flexibility index (Phi) is 8.28. The molecule has 1 N–H and O–H groups in total. The van der Waals surface area contributed by atoms with Crippen LogP contribution in [0.2, 0.25) is 0 Å². The minimum atomic E-state index is -3.58. The molecule has 0 amide bonds. The zero-order chi connectivity index (χ0) is 26.5. The monoisotopic (exact) mass is 539 g/mol. The maximum absolute atomic E-state index is 14.4. The van der Waals surface area contributed by atoms with Crippen LogP contribution in [0.15, 0.2) is 77.7 Å². The third kappa shape index (κ3) is 5.86. The number of nitrogens with zero attached hydrogens (tertiary/aromatic N) is 2. The van der Waals surface area contributed by atoms with E-state index in [1.165, 1.54) is 6.07 Å². The van der Waals surface area contributed by atoms with Gasteiger partial charge in [-0.2, -0.15) is 0 Å². The number of hydrogen-bond acceptors (Lipinski definition) is 6.